The van der Waals surface area contributed by atoms with Crippen LogP contribution in [0.5, 0.6) is 0 Å². The van der Waals surface area contributed by atoms with Crippen LogP contribution < -0.4 is 0 Å². The fourth-order valence-electron chi connectivity index (χ4n) is 0.977. The maximum atomic E-state index is 2.74. The molecule has 0 fully saturated rings. The summed E-state index contributed by atoms with van der Waals surface area (Å²) in [6, 6.07) is 8.71. The Morgan fingerprint density at radius 3 is 2.60 bits per heavy atom. The van der Waals surface area contributed by atoms with E-state index in [1.54, 1.807) is 0 Å². The van der Waals surface area contributed by atoms with Gasteiger partial charge >= 0.3 is 0 Å². The molecule has 0 aliphatic carbocycles. The molecule has 0 spiro atoms. The maximum Gasteiger partial charge on any atom is -0.0128 e. The molecule has 10 heavy (non-hydrogen) atoms. The molecule has 0 radical (unpaired) electrons. The summed E-state index contributed by atoms with van der Waals surface area (Å²) >= 11 is 0. The lowest BCUT2D eigenvalue weighted by Crippen LogP contribution is -1.81. The minimum absolute atomic E-state index is 1.06. The highest BCUT2D eigenvalue weighted by atomic mass is 31.0. The van der Waals surface area contributed by atoms with E-state index < -0.39 is 0 Å². The largest absolute Gasteiger partial charge is 0.133 e. The molecule has 1 unspecified atom stereocenters. The number of benzene rings is 1. The summed E-state index contributed by atoms with van der Waals surface area (Å²) in [6.45, 7) is 2.18. The zero-order valence-corrected chi connectivity index (χ0v) is 7.46. The lowest BCUT2D eigenvalue weighted by atomic mass is 10.1. The molecule has 0 bridgehead atoms. The van der Waals surface area contributed by atoms with E-state index in [2.05, 4.69) is 40.4 Å². The summed E-state index contributed by atoms with van der Waals surface area (Å²) in [5, 5.41) is 0. The molecule has 1 aromatic carbocycles. The predicted octanol–water partition coefficient (Wildman–Crippen LogP) is 2.62. The van der Waals surface area contributed by atoms with E-state index in [1.807, 2.05) is 0 Å². The number of aryl methyl sites for hydroxylation is 1. The zero-order valence-electron chi connectivity index (χ0n) is 6.30. The van der Waals surface area contributed by atoms with Gasteiger partial charge in [-0.25, -0.2) is 0 Å². The van der Waals surface area contributed by atoms with Crippen LogP contribution in [0.15, 0.2) is 24.3 Å². The second kappa shape index (κ2) is 3.73. The van der Waals surface area contributed by atoms with Gasteiger partial charge in [0.1, 0.15) is 0 Å². The molecule has 1 atom stereocenters. The standard InChI is InChI=1S/C9H13P/c1-2-8-4-3-5-9(6-8)7-10/h3-6H,2,7,10H2,1H3. The Hall–Kier alpha value is -0.350. The Kier molecular flexibility index (Phi) is 2.89. The summed E-state index contributed by atoms with van der Waals surface area (Å²) < 4.78 is 0. The number of hydrogen-bond donors (Lipinski definition) is 0. The van der Waals surface area contributed by atoms with Crippen LogP contribution in [0.25, 0.3) is 0 Å². The molecular weight excluding hydrogens is 139 g/mol. The average molecular weight is 152 g/mol. The van der Waals surface area contributed by atoms with Gasteiger partial charge in [-0.2, -0.15) is 0 Å². The molecule has 0 heterocycles. The van der Waals surface area contributed by atoms with Crippen molar-refractivity contribution in [1.82, 2.24) is 0 Å². The monoisotopic (exact) mass is 152 g/mol. The van der Waals surface area contributed by atoms with E-state index in [0.717, 1.165) is 12.6 Å². The second-order valence-corrected chi connectivity index (χ2v) is 2.79. The zero-order chi connectivity index (χ0) is 7.40. The lowest BCUT2D eigenvalue weighted by Gasteiger charge is -1.98. The van der Waals surface area contributed by atoms with Crippen molar-refractivity contribution in [2.45, 2.75) is 19.5 Å². The van der Waals surface area contributed by atoms with Crippen molar-refractivity contribution >= 4 is 9.24 Å². The average Bonchev–Trinajstić information content (AvgIpc) is 2.05. The van der Waals surface area contributed by atoms with Crippen LogP contribution in [0.1, 0.15) is 18.1 Å². The summed E-state index contributed by atoms with van der Waals surface area (Å²) in [6.07, 6.45) is 2.20. The smallest absolute Gasteiger partial charge is 0.0128 e. The van der Waals surface area contributed by atoms with Gasteiger partial charge in [0, 0.05) is 0 Å². The highest BCUT2D eigenvalue weighted by molar-refractivity contribution is 7.15. The molecule has 0 aliphatic rings. The van der Waals surface area contributed by atoms with Crippen LogP contribution in [-0.2, 0) is 12.6 Å². The van der Waals surface area contributed by atoms with Crippen LogP contribution in [-0.4, -0.2) is 0 Å². The van der Waals surface area contributed by atoms with Crippen LogP contribution in [0.4, 0.5) is 0 Å². The van der Waals surface area contributed by atoms with Crippen molar-refractivity contribution in [3.63, 3.8) is 0 Å². The molecule has 0 N–H and O–H groups in total. The van der Waals surface area contributed by atoms with E-state index >= 15 is 0 Å². The first kappa shape index (κ1) is 7.75. The first-order valence-corrected chi connectivity index (χ1v) is 4.46. The van der Waals surface area contributed by atoms with Crippen molar-refractivity contribution in [1.29, 1.82) is 0 Å². The Balaban J connectivity index is 2.87. The fourth-order valence-corrected chi connectivity index (χ4v) is 1.23. The summed E-state index contributed by atoms with van der Waals surface area (Å²) in [5.41, 5.74) is 2.84. The molecule has 1 aromatic rings. The lowest BCUT2D eigenvalue weighted by molar-refractivity contribution is 1.13. The number of hydrogen-bond acceptors (Lipinski definition) is 0. The minimum Gasteiger partial charge on any atom is -0.133 e. The van der Waals surface area contributed by atoms with Crippen molar-refractivity contribution in [3.05, 3.63) is 35.4 Å². The first-order chi connectivity index (χ1) is 4.86. The molecule has 0 saturated carbocycles. The van der Waals surface area contributed by atoms with E-state index in [9.17, 15) is 0 Å². The normalized spacial score (nSPS) is 9.80. The summed E-state index contributed by atoms with van der Waals surface area (Å²) in [5.74, 6) is 0. The van der Waals surface area contributed by atoms with Crippen molar-refractivity contribution < 1.29 is 0 Å². The second-order valence-electron chi connectivity index (χ2n) is 2.38. The molecule has 1 rings (SSSR count). The van der Waals surface area contributed by atoms with Crippen molar-refractivity contribution in [2.75, 3.05) is 0 Å². The molecule has 54 valence electrons. The van der Waals surface area contributed by atoms with Gasteiger partial charge in [-0.1, -0.05) is 31.2 Å². The van der Waals surface area contributed by atoms with Gasteiger partial charge in [0.25, 0.3) is 0 Å². The number of rotatable bonds is 2. The Labute approximate surface area is 64.9 Å². The van der Waals surface area contributed by atoms with Gasteiger partial charge < -0.3 is 0 Å². The van der Waals surface area contributed by atoms with Gasteiger partial charge in [0.15, 0.2) is 0 Å². The third-order valence-electron chi connectivity index (χ3n) is 1.64. The van der Waals surface area contributed by atoms with Gasteiger partial charge in [-0.3, -0.25) is 0 Å². The Bertz CT molecular complexity index is 186. The van der Waals surface area contributed by atoms with Gasteiger partial charge in [-0.15, -0.1) is 9.24 Å². The molecule has 0 aromatic heterocycles. The maximum absolute atomic E-state index is 2.74. The van der Waals surface area contributed by atoms with Crippen LogP contribution >= 0.6 is 9.24 Å². The van der Waals surface area contributed by atoms with Crippen LogP contribution in [0.2, 0.25) is 0 Å². The molecule has 0 amide bonds. The predicted molar refractivity (Wildman–Crippen MR) is 49.2 cm³/mol. The van der Waals surface area contributed by atoms with Crippen LogP contribution in [0, 0.1) is 0 Å². The van der Waals surface area contributed by atoms with Crippen molar-refractivity contribution in [3.8, 4) is 0 Å². The first-order valence-electron chi connectivity index (χ1n) is 3.64. The third kappa shape index (κ3) is 1.82. The molecule has 0 saturated heterocycles. The Morgan fingerprint density at radius 2 is 2.00 bits per heavy atom. The summed E-state index contributed by atoms with van der Waals surface area (Å²) in [7, 11) is 2.74. The van der Waals surface area contributed by atoms with Gasteiger partial charge in [-0.05, 0) is 23.7 Å². The minimum atomic E-state index is 1.06. The quantitative estimate of drug-likeness (QED) is 0.571. The van der Waals surface area contributed by atoms with E-state index in [1.165, 1.54) is 11.1 Å². The summed E-state index contributed by atoms with van der Waals surface area (Å²) in [4.78, 5) is 0. The topological polar surface area (TPSA) is 0 Å². The molecule has 0 nitrogen and oxygen atoms in total. The molecule has 0 aliphatic heterocycles. The van der Waals surface area contributed by atoms with E-state index in [0.29, 0.717) is 0 Å². The van der Waals surface area contributed by atoms with Crippen molar-refractivity contribution in [2.24, 2.45) is 0 Å². The highest BCUT2D eigenvalue weighted by Gasteiger charge is 1.89. The highest BCUT2D eigenvalue weighted by Crippen LogP contribution is 2.08. The van der Waals surface area contributed by atoms with E-state index in [4.69, 9.17) is 0 Å². The van der Waals surface area contributed by atoms with Crippen LogP contribution in [0.3, 0.4) is 0 Å². The molecule has 1 heteroatoms. The van der Waals surface area contributed by atoms with Gasteiger partial charge in [0.2, 0.25) is 0 Å². The van der Waals surface area contributed by atoms with Gasteiger partial charge in [0.05, 0.1) is 0 Å². The molecular formula is C9H13P. The van der Waals surface area contributed by atoms with E-state index in [-0.39, 0.29) is 0 Å². The SMILES string of the molecule is CCc1cccc(CP)c1. The third-order valence-corrected chi connectivity index (χ3v) is 2.11. The fraction of sp³-hybridized carbons (Fsp3) is 0.333. The Morgan fingerprint density at radius 1 is 1.30 bits per heavy atom.